The van der Waals surface area contributed by atoms with Crippen LogP contribution >= 0.6 is 0 Å². The summed E-state index contributed by atoms with van der Waals surface area (Å²) in [6.45, 7) is 1.40. The molecule has 0 N–H and O–H groups in total. The highest BCUT2D eigenvalue weighted by Crippen LogP contribution is 2.29. The Kier molecular flexibility index (Phi) is 3.88. The molecule has 0 radical (unpaired) electrons. The van der Waals surface area contributed by atoms with E-state index in [0.29, 0.717) is 24.4 Å². The van der Waals surface area contributed by atoms with E-state index >= 15 is 0 Å². The molecule has 0 aliphatic heterocycles. The maximum absolute atomic E-state index is 13.0. The van der Waals surface area contributed by atoms with Gasteiger partial charge in [-0.3, -0.25) is 4.90 Å². The number of hydrogen-bond acceptors (Lipinski definition) is 5. The highest BCUT2D eigenvalue weighted by atomic mass is 19.1. The van der Waals surface area contributed by atoms with Crippen LogP contribution in [0.15, 0.2) is 28.8 Å². The highest BCUT2D eigenvalue weighted by molar-refractivity contribution is 5.23. The molecule has 0 amide bonds. The standard InChI is InChI=1S/C15H19FN4O/c1-19(2)15-17-14(21-18-15)10-20(13-7-8-13)9-11-3-5-12(16)6-4-11/h3-6,13H,7-10H2,1-2H3. The van der Waals surface area contributed by atoms with Gasteiger partial charge in [0.1, 0.15) is 5.82 Å². The first-order chi connectivity index (χ1) is 10.1. The van der Waals surface area contributed by atoms with Crippen LogP contribution in [0.3, 0.4) is 0 Å². The minimum Gasteiger partial charge on any atom is -0.344 e. The first-order valence-corrected chi connectivity index (χ1v) is 7.10. The monoisotopic (exact) mass is 290 g/mol. The van der Waals surface area contributed by atoms with Crippen LogP contribution in [0.1, 0.15) is 24.3 Å². The van der Waals surface area contributed by atoms with Gasteiger partial charge >= 0.3 is 0 Å². The van der Waals surface area contributed by atoms with Crippen molar-refractivity contribution in [1.82, 2.24) is 15.0 Å². The van der Waals surface area contributed by atoms with Gasteiger partial charge in [-0.15, -0.1) is 0 Å². The van der Waals surface area contributed by atoms with E-state index in [1.165, 1.54) is 25.0 Å². The molecule has 3 rings (SSSR count). The molecule has 1 aliphatic rings. The second-order valence-electron chi connectivity index (χ2n) is 5.65. The summed E-state index contributed by atoms with van der Waals surface area (Å²) in [6, 6.07) is 7.20. The summed E-state index contributed by atoms with van der Waals surface area (Å²) in [7, 11) is 3.76. The smallest absolute Gasteiger partial charge is 0.265 e. The van der Waals surface area contributed by atoms with Gasteiger partial charge in [0.15, 0.2) is 0 Å². The van der Waals surface area contributed by atoms with Crippen LogP contribution in [0.2, 0.25) is 0 Å². The number of anilines is 1. The fraction of sp³-hybridized carbons (Fsp3) is 0.467. The van der Waals surface area contributed by atoms with Crippen molar-refractivity contribution >= 4 is 5.95 Å². The van der Waals surface area contributed by atoms with Crippen LogP contribution < -0.4 is 4.90 Å². The zero-order valence-electron chi connectivity index (χ0n) is 12.3. The molecule has 21 heavy (non-hydrogen) atoms. The molecule has 0 atom stereocenters. The molecule has 0 unspecified atom stereocenters. The molecule has 6 heteroatoms. The van der Waals surface area contributed by atoms with Gasteiger partial charge in [-0.2, -0.15) is 4.98 Å². The minimum atomic E-state index is -0.204. The Balaban J connectivity index is 1.68. The molecule has 1 heterocycles. The van der Waals surface area contributed by atoms with E-state index in [1.54, 1.807) is 0 Å². The second-order valence-corrected chi connectivity index (χ2v) is 5.65. The molecular formula is C15H19FN4O. The quantitative estimate of drug-likeness (QED) is 0.817. The van der Waals surface area contributed by atoms with Crippen molar-refractivity contribution < 1.29 is 8.91 Å². The number of hydrogen-bond donors (Lipinski definition) is 0. The SMILES string of the molecule is CN(C)c1noc(CN(Cc2ccc(F)cc2)C2CC2)n1. The molecule has 1 aromatic carbocycles. The lowest BCUT2D eigenvalue weighted by Crippen LogP contribution is -2.25. The van der Waals surface area contributed by atoms with E-state index in [4.69, 9.17) is 4.52 Å². The molecular weight excluding hydrogens is 271 g/mol. The molecule has 0 bridgehead atoms. The van der Waals surface area contributed by atoms with Crippen molar-refractivity contribution in [2.24, 2.45) is 0 Å². The van der Waals surface area contributed by atoms with Gasteiger partial charge in [-0.05, 0) is 35.7 Å². The van der Waals surface area contributed by atoms with Crippen LogP contribution in [-0.4, -0.2) is 35.2 Å². The van der Waals surface area contributed by atoms with Crippen molar-refractivity contribution in [1.29, 1.82) is 0 Å². The highest BCUT2D eigenvalue weighted by Gasteiger charge is 2.30. The Bertz CT molecular complexity index is 592. The van der Waals surface area contributed by atoms with Crippen LogP contribution in [0.4, 0.5) is 10.3 Å². The van der Waals surface area contributed by atoms with Gasteiger partial charge in [0.05, 0.1) is 6.54 Å². The summed E-state index contributed by atoms with van der Waals surface area (Å²) in [5, 5.41) is 3.93. The van der Waals surface area contributed by atoms with Crippen LogP contribution in [0.25, 0.3) is 0 Å². The number of rotatable bonds is 6. The predicted octanol–water partition coefficient (Wildman–Crippen LogP) is 2.44. The van der Waals surface area contributed by atoms with E-state index < -0.39 is 0 Å². The Labute approximate surface area is 123 Å². The first-order valence-electron chi connectivity index (χ1n) is 7.10. The molecule has 1 saturated carbocycles. The second kappa shape index (κ2) is 5.81. The zero-order valence-corrected chi connectivity index (χ0v) is 12.3. The van der Waals surface area contributed by atoms with Crippen molar-refractivity contribution in [2.45, 2.75) is 32.0 Å². The number of halogens is 1. The summed E-state index contributed by atoms with van der Waals surface area (Å²) in [6.07, 6.45) is 2.38. The molecule has 1 aromatic heterocycles. The number of aromatic nitrogens is 2. The van der Waals surface area contributed by atoms with Crippen LogP contribution in [0, 0.1) is 5.82 Å². The Morgan fingerprint density at radius 1 is 1.19 bits per heavy atom. The van der Waals surface area contributed by atoms with Crippen molar-refractivity contribution in [3.8, 4) is 0 Å². The number of nitrogens with zero attached hydrogens (tertiary/aromatic N) is 4. The third kappa shape index (κ3) is 3.58. The molecule has 0 spiro atoms. The van der Waals surface area contributed by atoms with Gasteiger partial charge in [-0.1, -0.05) is 12.1 Å². The lowest BCUT2D eigenvalue weighted by atomic mass is 10.2. The lowest BCUT2D eigenvalue weighted by molar-refractivity contribution is 0.209. The van der Waals surface area contributed by atoms with E-state index in [2.05, 4.69) is 15.0 Å². The van der Waals surface area contributed by atoms with Gasteiger partial charge in [-0.25, -0.2) is 4.39 Å². The Morgan fingerprint density at radius 2 is 1.90 bits per heavy atom. The van der Waals surface area contributed by atoms with Crippen LogP contribution in [0.5, 0.6) is 0 Å². The van der Waals surface area contributed by atoms with Gasteiger partial charge in [0.2, 0.25) is 5.89 Å². The van der Waals surface area contributed by atoms with Crippen molar-refractivity contribution in [2.75, 3.05) is 19.0 Å². The lowest BCUT2D eigenvalue weighted by Gasteiger charge is -2.19. The fourth-order valence-electron chi connectivity index (χ4n) is 2.24. The molecule has 5 nitrogen and oxygen atoms in total. The third-order valence-corrected chi connectivity index (χ3v) is 3.56. The summed E-state index contributed by atoms with van der Waals surface area (Å²) in [5.41, 5.74) is 1.09. The molecule has 2 aromatic rings. The molecule has 1 fully saturated rings. The van der Waals surface area contributed by atoms with E-state index in [9.17, 15) is 4.39 Å². The van der Waals surface area contributed by atoms with E-state index in [-0.39, 0.29) is 5.82 Å². The average molecular weight is 290 g/mol. The first kappa shape index (κ1) is 14.0. The van der Waals surface area contributed by atoms with Gasteiger partial charge < -0.3 is 9.42 Å². The summed E-state index contributed by atoms with van der Waals surface area (Å²) in [5.74, 6) is 1.000. The molecule has 0 saturated heterocycles. The topological polar surface area (TPSA) is 45.4 Å². The molecule has 1 aliphatic carbocycles. The normalized spacial score (nSPS) is 14.7. The van der Waals surface area contributed by atoms with E-state index in [0.717, 1.165) is 12.1 Å². The maximum Gasteiger partial charge on any atom is 0.265 e. The summed E-state index contributed by atoms with van der Waals surface area (Å²) in [4.78, 5) is 8.48. The Hall–Kier alpha value is -1.95. The van der Waals surface area contributed by atoms with Crippen molar-refractivity contribution in [3.63, 3.8) is 0 Å². The summed E-state index contributed by atoms with van der Waals surface area (Å²) < 4.78 is 18.3. The average Bonchev–Trinajstić information content (AvgIpc) is 3.20. The Morgan fingerprint density at radius 3 is 2.48 bits per heavy atom. The fourth-order valence-corrected chi connectivity index (χ4v) is 2.24. The third-order valence-electron chi connectivity index (χ3n) is 3.56. The van der Waals surface area contributed by atoms with Crippen LogP contribution in [-0.2, 0) is 13.1 Å². The van der Waals surface area contributed by atoms with Gasteiger partial charge in [0, 0.05) is 26.7 Å². The number of benzene rings is 1. The van der Waals surface area contributed by atoms with Gasteiger partial charge in [0.25, 0.3) is 5.95 Å². The molecule has 112 valence electrons. The zero-order chi connectivity index (χ0) is 14.8. The largest absolute Gasteiger partial charge is 0.344 e. The minimum absolute atomic E-state index is 0.204. The van der Waals surface area contributed by atoms with E-state index in [1.807, 2.05) is 31.1 Å². The maximum atomic E-state index is 13.0. The summed E-state index contributed by atoms with van der Waals surface area (Å²) >= 11 is 0. The van der Waals surface area contributed by atoms with Crippen molar-refractivity contribution in [3.05, 3.63) is 41.5 Å². The predicted molar refractivity (Wildman–Crippen MR) is 77.3 cm³/mol.